The van der Waals surface area contributed by atoms with Crippen LogP contribution in [0.25, 0.3) is 0 Å². The molecular formula is C16H27NOS. The van der Waals surface area contributed by atoms with Gasteiger partial charge in [-0.3, -0.25) is 0 Å². The molecular weight excluding hydrogens is 254 g/mol. The van der Waals surface area contributed by atoms with Crippen molar-refractivity contribution in [3.8, 4) is 0 Å². The van der Waals surface area contributed by atoms with Crippen LogP contribution < -0.4 is 5.32 Å². The van der Waals surface area contributed by atoms with E-state index in [1.54, 1.807) is 12.0 Å². The molecule has 1 N–H and O–H groups in total. The van der Waals surface area contributed by atoms with Gasteiger partial charge in [0.1, 0.15) is 0 Å². The molecule has 1 saturated carbocycles. The quantitative estimate of drug-likeness (QED) is 0.699. The molecule has 108 valence electrons. The van der Waals surface area contributed by atoms with E-state index in [9.17, 15) is 0 Å². The molecule has 1 fully saturated rings. The Morgan fingerprint density at radius 3 is 2.68 bits per heavy atom. The highest BCUT2D eigenvalue weighted by molar-refractivity contribution is 7.11. The summed E-state index contributed by atoms with van der Waals surface area (Å²) in [6.45, 7) is 7.57. The van der Waals surface area contributed by atoms with E-state index in [0.717, 1.165) is 32.0 Å². The SMILES string of the molecule is CCc1ccc(CC(C)(CNCCOC)C2CC2)s1. The Morgan fingerprint density at radius 2 is 2.11 bits per heavy atom. The molecule has 3 heteroatoms. The van der Waals surface area contributed by atoms with Gasteiger partial charge in [0.15, 0.2) is 0 Å². The first-order valence-electron chi connectivity index (χ1n) is 7.45. The lowest BCUT2D eigenvalue weighted by atomic mass is 9.81. The van der Waals surface area contributed by atoms with Crippen LogP contribution >= 0.6 is 11.3 Å². The predicted molar refractivity (Wildman–Crippen MR) is 83.0 cm³/mol. The monoisotopic (exact) mass is 281 g/mol. The molecule has 0 aromatic carbocycles. The van der Waals surface area contributed by atoms with Crippen molar-refractivity contribution in [3.63, 3.8) is 0 Å². The fraction of sp³-hybridized carbons (Fsp3) is 0.750. The summed E-state index contributed by atoms with van der Waals surface area (Å²) in [5.74, 6) is 0.912. The fourth-order valence-corrected chi connectivity index (χ4v) is 3.94. The van der Waals surface area contributed by atoms with Gasteiger partial charge >= 0.3 is 0 Å². The molecule has 2 rings (SSSR count). The summed E-state index contributed by atoms with van der Waals surface area (Å²) in [6, 6.07) is 4.63. The summed E-state index contributed by atoms with van der Waals surface area (Å²) in [5.41, 5.74) is 0.420. The van der Waals surface area contributed by atoms with Gasteiger partial charge in [-0.1, -0.05) is 13.8 Å². The minimum absolute atomic E-state index is 0.420. The van der Waals surface area contributed by atoms with E-state index in [0.29, 0.717) is 5.41 Å². The summed E-state index contributed by atoms with van der Waals surface area (Å²) in [4.78, 5) is 3.07. The van der Waals surface area contributed by atoms with E-state index >= 15 is 0 Å². The van der Waals surface area contributed by atoms with Gasteiger partial charge in [-0.05, 0) is 49.1 Å². The van der Waals surface area contributed by atoms with Crippen LogP contribution in [0.2, 0.25) is 0 Å². The highest BCUT2D eigenvalue weighted by Crippen LogP contribution is 2.47. The molecule has 0 amide bonds. The summed E-state index contributed by atoms with van der Waals surface area (Å²) >= 11 is 2.00. The predicted octanol–water partition coefficient (Wildman–Crippen LogP) is 3.51. The molecule has 1 heterocycles. The van der Waals surface area contributed by atoms with Gasteiger partial charge in [-0.25, -0.2) is 0 Å². The number of thiophene rings is 1. The number of rotatable bonds is 9. The highest BCUT2D eigenvalue weighted by atomic mass is 32.1. The Balaban J connectivity index is 1.90. The van der Waals surface area contributed by atoms with Gasteiger partial charge in [-0.2, -0.15) is 0 Å². The van der Waals surface area contributed by atoms with Gasteiger partial charge in [0, 0.05) is 30.0 Å². The smallest absolute Gasteiger partial charge is 0.0587 e. The van der Waals surface area contributed by atoms with Gasteiger partial charge in [0.05, 0.1) is 6.61 Å². The second-order valence-corrected chi connectivity index (χ2v) is 7.25. The molecule has 1 atom stereocenters. The first-order chi connectivity index (χ1) is 9.18. The number of hydrogen-bond acceptors (Lipinski definition) is 3. The van der Waals surface area contributed by atoms with E-state index in [1.807, 2.05) is 11.3 Å². The van der Waals surface area contributed by atoms with E-state index in [2.05, 4.69) is 31.3 Å². The van der Waals surface area contributed by atoms with Crippen molar-refractivity contribution < 1.29 is 4.74 Å². The molecule has 1 unspecified atom stereocenters. The first kappa shape index (κ1) is 15.0. The molecule has 0 aliphatic heterocycles. The molecule has 0 saturated heterocycles. The molecule has 19 heavy (non-hydrogen) atoms. The Hall–Kier alpha value is -0.380. The summed E-state index contributed by atoms with van der Waals surface area (Å²) in [6.07, 6.45) is 5.21. The topological polar surface area (TPSA) is 21.3 Å². The minimum atomic E-state index is 0.420. The number of hydrogen-bond donors (Lipinski definition) is 1. The normalized spacial score (nSPS) is 18.5. The van der Waals surface area contributed by atoms with Crippen molar-refractivity contribution >= 4 is 11.3 Å². The Labute approximate surface area is 121 Å². The van der Waals surface area contributed by atoms with Crippen molar-refractivity contribution in [1.29, 1.82) is 0 Å². The van der Waals surface area contributed by atoms with Crippen LogP contribution in [0.3, 0.4) is 0 Å². The average molecular weight is 281 g/mol. The van der Waals surface area contributed by atoms with E-state index in [4.69, 9.17) is 4.74 Å². The minimum Gasteiger partial charge on any atom is -0.383 e. The van der Waals surface area contributed by atoms with Crippen LogP contribution in [0.15, 0.2) is 12.1 Å². The van der Waals surface area contributed by atoms with Crippen LogP contribution in [0.4, 0.5) is 0 Å². The number of aryl methyl sites for hydroxylation is 1. The van der Waals surface area contributed by atoms with Crippen LogP contribution in [0.5, 0.6) is 0 Å². The molecule has 1 aromatic rings. The van der Waals surface area contributed by atoms with Crippen molar-refractivity contribution in [2.24, 2.45) is 11.3 Å². The zero-order valence-corrected chi connectivity index (χ0v) is 13.3. The average Bonchev–Trinajstić information content (AvgIpc) is 3.17. The van der Waals surface area contributed by atoms with Gasteiger partial charge in [0.2, 0.25) is 0 Å². The van der Waals surface area contributed by atoms with E-state index < -0.39 is 0 Å². The van der Waals surface area contributed by atoms with Gasteiger partial charge in [0.25, 0.3) is 0 Å². The van der Waals surface area contributed by atoms with E-state index in [1.165, 1.54) is 24.1 Å². The van der Waals surface area contributed by atoms with Crippen molar-refractivity contribution in [2.45, 2.75) is 39.5 Å². The zero-order chi connectivity index (χ0) is 13.7. The Kier molecular flexibility index (Phi) is 5.43. The molecule has 0 bridgehead atoms. The van der Waals surface area contributed by atoms with Crippen LogP contribution in [0, 0.1) is 11.3 Å². The van der Waals surface area contributed by atoms with E-state index in [-0.39, 0.29) is 0 Å². The third-order valence-corrected chi connectivity index (χ3v) is 5.45. The van der Waals surface area contributed by atoms with Crippen LogP contribution in [0.1, 0.15) is 36.4 Å². The number of methoxy groups -OCH3 is 1. The second kappa shape index (κ2) is 6.87. The molecule has 0 radical (unpaired) electrons. The van der Waals surface area contributed by atoms with Crippen LogP contribution in [-0.2, 0) is 17.6 Å². The molecule has 0 spiro atoms. The molecule has 2 nitrogen and oxygen atoms in total. The van der Waals surface area contributed by atoms with Crippen LogP contribution in [-0.4, -0.2) is 26.8 Å². The van der Waals surface area contributed by atoms with Crippen molar-refractivity contribution in [3.05, 3.63) is 21.9 Å². The maximum atomic E-state index is 5.11. The zero-order valence-electron chi connectivity index (χ0n) is 12.5. The first-order valence-corrected chi connectivity index (χ1v) is 8.27. The lowest BCUT2D eigenvalue weighted by Gasteiger charge is -2.30. The number of nitrogens with one attached hydrogen (secondary N) is 1. The summed E-state index contributed by atoms with van der Waals surface area (Å²) in [7, 11) is 1.76. The largest absolute Gasteiger partial charge is 0.383 e. The van der Waals surface area contributed by atoms with Gasteiger partial charge in [-0.15, -0.1) is 11.3 Å². The molecule has 1 aliphatic carbocycles. The molecule has 1 aromatic heterocycles. The Bertz CT molecular complexity index is 386. The number of ether oxygens (including phenoxy) is 1. The Morgan fingerprint density at radius 1 is 1.37 bits per heavy atom. The highest BCUT2D eigenvalue weighted by Gasteiger charge is 2.41. The summed E-state index contributed by atoms with van der Waals surface area (Å²) in [5, 5.41) is 3.57. The third-order valence-electron chi connectivity index (χ3n) is 4.22. The van der Waals surface area contributed by atoms with Crippen molar-refractivity contribution in [1.82, 2.24) is 5.32 Å². The maximum absolute atomic E-state index is 5.11. The van der Waals surface area contributed by atoms with Crippen molar-refractivity contribution in [2.75, 3.05) is 26.8 Å². The standard InChI is InChI=1S/C16H27NOS/c1-4-14-7-8-15(19-14)11-16(2,13-5-6-13)12-17-9-10-18-3/h7-8,13,17H,4-6,9-12H2,1-3H3. The lowest BCUT2D eigenvalue weighted by molar-refractivity contribution is 0.187. The molecule has 1 aliphatic rings. The summed E-state index contributed by atoms with van der Waals surface area (Å²) < 4.78 is 5.11. The second-order valence-electron chi connectivity index (χ2n) is 6.00. The van der Waals surface area contributed by atoms with Gasteiger partial charge < -0.3 is 10.1 Å². The fourth-order valence-electron chi connectivity index (χ4n) is 2.78. The lowest BCUT2D eigenvalue weighted by Crippen LogP contribution is -2.36. The maximum Gasteiger partial charge on any atom is 0.0587 e. The third kappa shape index (κ3) is 4.30.